The monoisotopic (exact) mass is 415 g/mol. The molecule has 18 heavy (non-hydrogen) atoms. The van der Waals surface area contributed by atoms with E-state index < -0.39 is 0 Å². The molecule has 94 valence electrons. The number of hydrogen-bond donors (Lipinski definition) is 0. The maximum Gasteiger partial charge on any atom is 0.0234 e. The van der Waals surface area contributed by atoms with Crippen molar-refractivity contribution in [3.63, 3.8) is 0 Å². The molecule has 0 amide bonds. The molecule has 0 aliphatic rings. The molecule has 2 aromatic rings. The number of hydrogen-bond acceptors (Lipinski definition) is 1. The van der Waals surface area contributed by atoms with Crippen molar-refractivity contribution in [3.8, 4) is 0 Å². The highest BCUT2D eigenvalue weighted by Crippen LogP contribution is 2.14. The van der Waals surface area contributed by atoms with E-state index in [0.717, 1.165) is 17.6 Å². The SMILES string of the molecule is CN(Cc1ccc(I)cc1)Cc1cccc(Br)c1. The smallest absolute Gasteiger partial charge is 0.0234 e. The Balaban J connectivity index is 1.96. The van der Waals surface area contributed by atoms with E-state index in [9.17, 15) is 0 Å². The first-order chi connectivity index (χ1) is 8.63. The predicted molar refractivity (Wildman–Crippen MR) is 88.5 cm³/mol. The third-order valence-electron chi connectivity index (χ3n) is 2.71. The standard InChI is InChI=1S/C15H15BrIN/c1-18(10-12-5-7-15(17)8-6-12)11-13-3-2-4-14(16)9-13/h2-9H,10-11H2,1H3. The molecule has 0 atom stereocenters. The summed E-state index contributed by atoms with van der Waals surface area (Å²) >= 11 is 5.84. The van der Waals surface area contributed by atoms with Gasteiger partial charge in [0.25, 0.3) is 0 Å². The predicted octanol–water partition coefficient (Wildman–Crippen LogP) is 4.69. The highest BCUT2D eigenvalue weighted by Gasteiger charge is 2.02. The summed E-state index contributed by atoms with van der Waals surface area (Å²) < 4.78 is 2.42. The molecule has 0 spiro atoms. The Morgan fingerprint density at radius 2 is 1.67 bits per heavy atom. The first-order valence-corrected chi connectivity index (χ1v) is 7.68. The first-order valence-electron chi connectivity index (χ1n) is 5.81. The second-order valence-electron chi connectivity index (χ2n) is 4.43. The fourth-order valence-corrected chi connectivity index (χ4v) is 2.71. The van der Waals surface area contributed by atoms with Crippen LogP contribution in [-0.2, 0) is 13.1 Å². The van der Waals surface area contributed by atoms with Crippen LogP contribution in [0.25, 0.3) is 0 Å². The average Bonchev–Trinajstić information content (AvgIpc) is 2.32. The second-order valence-corrected chi connectivity index (χ2v) is 6.59. The number of benzene rings is 2. The molecule has 0 aliphatic heterocycles. The molecule has 0 fully saturated rings. The molecule has 0 saturated heterocycles. The van der Waals surface area contributed by atoms with Gasteiger partial charge in [0.15, 0.2) is 0 Å². The molecular weight excluding hydrogens is 401 g/mol. The average molecular weight is 416 g/mol. The van der Waals surface area contributed by atoms with E-state index in [1.165, 1.54) is 14.7 Å². The topological polar surface area (TPSA) is 3.24 Å². The molecule has 0 radical (unpaired) electrons. The third kappa shape index (κ3) is 4.37. The van der Waals surface area contributed by atoms with Gasteiger partial charge in [0.05, 0.1) is 0 Å². The normalized spacial score (nSPS) is 10.9. The quantitative estimate of drug-likeness (QED) is 0.655. The molecule has 0 N–H and O–H groups in total. The molecule has 3 heteroatoms. The van der Waals surface area contributed by atoms with Gasteiger partial charge in [0.1, 0.15) is 0 Å². The van der Waals surface area contributed by atoms with E-state index in [1.54, 1.807) is 0 Å². The number of nitrogens with zero attached hydrogens (tertiary/aromatic N) is 1. The number of halogens is 2. The minimum absolute atomic E-state index is 0.964. The van der Waals surface area contributed by atoms with Crippen LogP contribution in [0.3, 0.4) is 0 Å². The van der Waals surface area contributed by atoms with E-state index in [2.05, 4.69) is 99.0 Å². The zero-order chi connectivity index (χ0) is 13.0. The molecule has 0 aromatic heterocycles. The van der Waals surface area contributed by atoms with E-state index in [1.807, 2.05) is 0 Å². The summed E-state index contributed by atoms with van der Waals surface area (Å²) in [6.45, 7) is 1.94. The van der Waals surface area contributed by atoms with Crippen LogP contribution >= 0.6 is 38.5 Å². The summed E-state index contributed by atoms with van der Waals surface area (Å²) in [4.78, 5) is 2.32. The maximum absolute atomic E-state index is 3.51. The summed E-state index contributed by atoms with van der Waals surface area (Å²) in [7, 11) is 2.15. The Morgan fingerprint density at radius 3 is 2.33 bits per heavy atom. The summed E-state index contributed by atoms with van der Waals surface area (Å²) in [6.07, 6.45) is 0. The second kappa shape index (κ2) is 6.68. The van der Waals surface area contributed by atoms with Crippen LogP contribution < -0.4 is 0 Å². The van der Waals surface area contributed by atoms with Crippen LogP contribution in [0.2, 0.25) is 0 Å². The van der Waals surface area contributed by atoms with Crippen LogP contribution in [0.5, 0.6) is 0 Å². The van der Waals surface area contributed by atoms with Crippen LogP contribution in [-0.4, -0.2) is 11.9 Å². The molecule has 1 nitrogen and oxygen atoms in total. The van der Waals surface area contributed by atoms with Gasteiger partial charge >= 0.3 is 0 Å². The summed E-state index contributed by atoms with van der Waals surface area (Å²) in [5, 5.41) is 0. The van der Waals surface area contributed by atoms with Gasteiger partial charge in [-0.1, -0.05) is 40.2 Å². The highest BCUT2D eigenvalue weighted by atomic mass is 127. The molecule has 2 rings (SSSR count). The van der Waals surface area contributed by atoms with E-state index in [-0.39, 0.29) is 0 Å². The lowest BCUT2D eigenvalue weighted by Crippen LogP contribution is -2.17. The van der Waals surface area contributed by atoms with Crippen molar-refractivity contribution in [1.82, 2.24) is 4.90 Å². The highest BCUT2D eigenvalue weighted by molar-refractivity contribution is 14.1. The first kappa shape index (κ1) is 14.0. The summed E-state index contributed by atoms with van der Waals surface area (Å²) in [5.41, 5.74) is 2.69. The Labute approximate surface area is 130 Å². The van der Waals surface area contributed by atoms with Crippen molar-refractivity contribution >= 4 is 38.5 Å². The van der Waals surface area contributed by atoms with Crippen LogP contribution in [0.15, 0.2) is 53.0 Å². The van der Waals surface area contributed by atoms with Crippen molar-refractivity contribution in [1.29, 1.82) is 0 Å². The summed E-state index contributed by atoms with van der Waals surface area (Å²) in [6, 6.07) is 17.2. The summed E-state index contributed by atoms with van der Waals surface area (Å²) in [5.74, 6) is 0. The minimum atomic E-state index is 0.964. The lowest BCUT2D eigenvalue weighted by molar-refractivity contribution is 0.319. The van der Waals surface area contributed by atoms with Crippen molar-refractivity contribution in [2.24, 2.45) is 0 Å². The Hall–Kier alpha value is -0.390. The van der Waals surface area contributed by atoms with E-state index in [0.29, 0.717) is 0 Å². The van der Waals surface area contributed by atoms with Crippen molar-refractivity contribution in [3.05, 3.63) is 67.7 Å². The van der Waals surface area contributed by atoms with Gasteiger partial charge in [-0.25, -0.2) is 0 Å². The maximum atomic E-state index is 3.51. The lowest BCUT2D eigenvalue weighted by atomic mass is 10.2. The largest absolute Gasteiger partial charge is 0.298 e. The molecule has 0 unspecified atom stereocenters. The van der Waals surface area contributed by atoms with Gasteiger partial charge in [-0.2, -0.15) is 0 Å². The van der Waals surface area contributed by atoms with Gasteiger partial charge in [-0.05, 0) is 65.0 Å². The fourth-order valence-electron chi connectivity index (χ4n) is 1.90. The van der Waals surface area contributed by atoms with Gasteiger partial charge < -0.3 is 0 Å². The van der Waals surface area contributed by atoms with Crippen molar-refractivity contribution < 1.29 is 0 Å². The van der Waals surface area contributed by atoms with Gasteiger partial charge in [-0.3, -0.25) is 4.90 Å². The molecule has 0 heterocycles. The zero-order valence-corrected chi connectivity index (χ0v) is 14.0. The van der Waals surface area contributed by atoms with Gasteiger partial charge in [-0.15, -0.1) is 0 Å². The minimum Gasteiger partial charge on any atom is -0.298 e. The van der Waals surface area contributed by atoms with Crippen molar-refractivity contribution in [2.75, 3.05) is 7.05 Å². The van der Waals surface area contributed by atoms with Gasteiger partial charge in [0.2, 0.25) is 0 Å². The van der Waals surface area contributed by atoms with Crippen LogP contribution in [0, 0.1) is 3.57 Å². The zero-order valence-electron chi connectivity index (χ0n) is 10.2. The third-order valence-corrected chi connectivity index (χ3v) is 3.92. The fraction of sp³-hybridized carbons (Fsp3) is 0.200. The van der Waals surface area contributed by atoms with Crippen molar-refractivity contribution in [2.45, 2.75) is 13.1 Å². The van der Waals surface area contributed by atoms with E-state index >= 15 is 0 Å². The molecular formula is C15H15BrIN. The Kier molecular flexibility index (Phi) is 5.21. The molecule has 0 bridgehead atoms. The number of rotatable bonds is 4. The molecule has 0 saturated carbocycles. The lowest BCUT2D eigenvalue weighted by Gasteiger charge is -2.17. The van der Waals surface area contributed by atoms with Gasteiger partial charge in [0, 0.05) is 21.1 Å². The molecule has 2 aromatic carbocycles. The Bertz CT molecular complexity index is 510. The molecule has 0 aliphatic carbocycles. The van der Waals surface area contributed by atoms with Crippen LogP contribution in [0.1, 0.15) is 11.1 Å². The Morgan fingerprint density at radius 1 is 1.00 bits per heavy atom. The van der Waals surface area contributed by atoms with E-state index in [4.69, 9.17) is 0 Å². The van der Waals surface area contributed by atoms with Crippen LogP contribution in [0.4, 0.5) is 0 Å².